The van der Waals surface area contributed by atoms with Crippen molar-refractivity contribution in [3.8, 4) is 28.6 Å². The number of hydrogen-bond acceptors (Lipinski definition) is 7. The number of amides is 1. The Morgan fingerprint density at radius 1 is 1.00 bits per heavy atom. The molecule has 0 radical (unpaired) electrons. The Hall–Kier alpha value is -3.55. The van der Waals surface area contributed by atoms with E-state index < -0.39 is 5.54 Å². The first-order valence-electron chi connectivity index (χ1n) is 9.78. The average Bonchev–Trinajstić information content (AvgIpc) is 3.24. The third kappa shape index (κ3) is 4.79. The van der Waals surface area contributed by atoms with Gasteiger partial charge in [-0.1, -0.05) is 35.5 Å². The lowest BCUT2D eigenvalue weighted by atomic mass is 10.0. The predicted octanol–water partition coefficient (Wildman–Crippen LogP) is 4.20. The van der Waals surface area contributed by atoms with Crippen molar-refractivity contribution in [3.63, 3.8) is 0 Å². The fraction of sp³-hybridized carbons (Fsp3) is 0.348. The molecule has 0 unspecified atom stereocenters. The van der Waals surface area contributed by atoms with E-state index >= 15 is 0 Å². The van der Waals surface area contributed by atoms with Crippen molar-refractivity contribution in [3.05, 3.63) is 53.9 Å². The summed E-state index contributed by atoms with van der Waals surface area (Å²) < 4.78 is 21.6. The molecule has 0 fully saturated rings. The Balaban J connectivity index is 1.94. The fourth-order valence-corrected chi connectivity index (χ4v) is 3.13. The van der Waals surface area contributed by atoms with E-state index in [1.54, 1.807) is 17.0 Å². The molecule has 164 valence electrons. The number of hydrogen-bond donors (Lipinski definition) is 0. The molecular weight excluding hydrogens is 398 g/mol. The van der Waals surface area contributed by atoms with E-state index in [0.29, 0.717) is 34.5 Å². The number of ether oxygens (including phenoxy) is 3. The van der Waals surface area contributed by atoms with Crippen LogP contribution in [0.15, 0.2) is 47.0 Å². The number of rotatable bonds is 7. The summed E-state index contributed by atoms with van der Waals surface area (Å²) in [5.41, 5.74) is 0.724. The van der Waals surface area contributed by atoms with E-state index in [2.05, 4.69) is 10.1 Å². The van der Waals surface area contributed by atoms with Gasteiger partial charge in [-0.05, 0) is 32.9 Å². The van der Waals surface area contributed by atoms with Crippen LogP contribution in [-0.4, -0.2) is 47.8 Å². The standard InChI is InChI=1S/C23H27N3O5/c1-23(2,3)26(14-19-24-21(25-31-19)15-10-8-7-9-11-15)22(27)16-12-17(28-4)20(30-6)18(13-16)29-5/h7-13H,14H2,1-6H3. The second-order valence-corrected chi connectivity index (χ2v) is 7.85. The molecule has 3 aromatic rings. The van der Waals surface area contributed by atoms with E-state index in [1.807, 2.05) is 51.1 Å². The van der Waals surface area contributed by atoms with Gasteiger partial charge in [0.05, 0.1) is 21.3 Å². The normalized spacial score (nSPS) is 11.2. The van der Waals surface area contributed by atoms with Crippen molar-refractivity contribution < 1.29 is 23.5 Å². The minimum absolute atomic E-state index is 0.152. The molecule has 0 atom stereocenters. The van der Waals surface area contributed by atoms with E-state index in [0.717, 1.165) is 5.56 Å². The second-order valence-electron chi connectivity index (χ2n) is 7.85. The molecule has 0 aliphatic heterocycles. The Bertz CT molecular complexity index is 1020. The van der Waals surface area contributed by atoms with Crippen LogP contribution >= 0.6 is 0 Å². The molecule has 0 bridgehead atoms. The Labute approximate surface area is 181 Å². The molecule has 0 spiro atoms. The van der Waals surface area contributed by atoms with Gasteiger partial charge in [-0.2, -0.15) is 4.98 Å². The monoisotopic (exact) mass is 425 g/mol. The Kier molecular flexibility index (Phi) is 6.48. The van der Waals surface area contributed by atoms with Gasteiger partial charge in [0.25, 0.3) is 5.91 Å². The van der Waals surface area contributed by atoms with Crippen molar-refractivity contribution in [2.75, 3.05) is 21.3 Å². The largest absolute Gasteiger partial charge is 0.493 e. The van der Waals surface area contributed by atoms with Crippen LogP contribution < -0.4 is 14.2 Å². The number of nitrogens with zero attached hydrogens (tertiary/aromatic N) is 3. The molecule has 0 saturated heterocycles. The minimum Gasteiger partial charge on any atom is -0.493 e. The molecule has 1 amide bonds. The summed E-state index contributed by atoms with van der Waals surface area (Å²) in [7, 11) is 4.54. The minimum atomic E-state index is -0.515. The van der Waals surface area contributed by atoms with Gasteiger partial charge in [-0.15, -0.1) is 0 Å². The zero-order valence-corrected chi connectivity index (χ0v) is 18.6. The highest BCUT2D eigenvalue weighted by Crippen LogP contribution is 2.39. The molecule has 0 aliphatic carbocycles. The molecule has 1 heterocycles. The maximum atomic E-state index is 13.5. The fourth-order valence-electron chi connectivity index (χ4n) is 3.13. The van der Waals surface area contributed by atoms with Crippen LogP contribution in [0.1, 0.15) is 37.0 Å². The summed E-state index contributed by atoms with van der Waals surface area (Å²) in [5.74, 6) is 1.82. The molecule has 0 N–H and O–H groups in total. The number of benzene rings is 2. The van der Waals surface area contributed by atoms with Gasteiger partial charge in [0.15, 0.2) is 11.5 Å². The van der Waals surface area contributed by atoms with E-state index in [4.69, 9.17) is 18.7 Å². The van der Waals surface area contributed by atoms with Crippen LogP contribution in [-0.2, 0) is 6.54 Å². The summed E-state index contributed by atoms with van der Waals surface area (Å²) >= 11 is 0. The van der Waals surface area contributed by atoms with Crippen LogP contribution in [0.25, 0.3) is 11.4 Å². The Morgan fingerprint density at radius 3 is 2.13 bits per heavy atom. The van der Waals surface area contributed by atoms with Crippen LogP contribution in [0, 0.1) is 0 Å². The molecule has 31 heavy (non-hydrogen) atoms. The van der Waals surface area contributed by atoms with Crippen molar-refractivity contribution in [1.29, 1.82) is 0 Å². The maximum Gasteiger partial charge on any atom is 0.255 e. The topological polar surface area (TPSA) is 86.9 Å². The first-order chi connectivity index (χ1) is 14.8. The number of carbonyl (C=O) groups is 1. The summed E-state index contributed by atoms with van der Waals surface area (Å²) in [5, 5.41) is 4.05. The smallest absolute Gasteiger partial charge is 0.255 e. The van der Waals surface area contributed by atoms with E-state index in [1.165, 1.54) is 21.3 Å². The van der Waals surface area contributed by atoms with Crippen LogP contribution in [0.3, 0.4) is 0 Å². The highest BCUT2D eigenvalue weighted by molar-refractivity contribution is 5.96. The van der Waals surface area contributed by atoms with Gasteiger partial charge in [-0.25, -0.2) is 0 Å². The number of carbonyl (C=O) groups excluding carboxylic acids is 1. The van der Waals surface area contributed by atoms with Crippen LogP contribution in [0.5, 0.6) is 17.2 Å². The second kappa shape index (κ2) is 9.07. The molecule has 0 aliphatic rings. The molecule has 2 aromatic carbocycles. The van der Waals surface area contributed by atoms with Crippen LogP contribution in [0.2, 0.25) is 0 Å². The first kappa shape index (κ1) is 22.1. The Morgan fingerprint density at radius 2 is 1.61 bits per heavy atom. The lowest BCUT2D eigenvalue weighted by Crippen LogP contribution is -2.45. The third-order valence-electron chi connectivity index (χ3n) is 4.76. The first-order valence-corrected chi connectivity index (χ1v) is 9.78. The highest BCUT2D eigenvalue weighted by Gasteiger charge is 2.31. The number of methoxy groups -OCH3 is 3. The van der Waals surface area contributed by atoms with E-state index in [-0.39, 0.29) is 12.5 Å². The van der Waals surface area contributed by atoms with Crippen molar-refractivity contribution in [2.45, 2.75) is 32.9 Å². The summed E-state index contributed by atoms with van der Waals surface area (Å²) in [4.78, 5) is 19.6. The van der Waals surface area contributed by atoms with Crippen molar-refractivity contribution >= 4 is 5.91 Å². The van der Waals surface area contributed by atoms with Crippen molar-refractivity contribution in [1.82, 2.24) is 15.0 Å². The summed E-state index contributed by atoms with van der Waals surface area (Å²) in [6, 6.07) is 12.8. The van der Waals surface area contributed by atoms with Gasteiger partial charge < -0.3 is 23.6 Å². The zero-order chi connectivity index (χ0) is 22.6. The van der Waals surface area contributed by atoms with E-state index in [9.17, 15) is 4.79 Å². The predicted molar refractivity (Wildman–Crippen MR) is 115 cm³/mol. The van der Waals surface area contributed by atoms with Crippen molar-refractivity contribution in [2.24, 2.45) is 0 Å². The van der Waals surface area contributed by atoms with Gasteiger partial charge in [0, 0.05) is 16.7 Å². The maximum absolute atomic E-state index is 13.5. The molecule has 0 saturated carbocycles. The SMILES string of the molecule is COc1cc(C(=O)N(Cc2nc(-c3ccccc3)no2)C(C)(C)C)cc(OC)c1OC. The van der Waals surface area contributed by atoms with Gasteiger partial charge in [0.2, 0.25) is 17.5 Å². The quantitative estimate of drug-likeness (QED) is 0.560. The van der Waals surface area contributed by atoms with Gasteiger partial charge in [-0.3, -0.25) is 4.79 Å². The van der Waals surface area contributed by atoms with Gasteiger partial charge >= 0.3 is 0 Å². The number of aromatic nitrogens is 2. The molecule has 3 rings (SSSR count). The average molecular weight is 425 g/mol. The molecule has 8 nitrogen and oxygen atoms in total. The van der Waals surface area contributed by atoms with Gasteiger partial charge in [0.1, 0.15) is 6.54 Å². The summed E-state index contributed by atoms with van der Waals surface area (Å²) in [6.07, 6.45) is 0. The summed E-state index contributed by atoms with van der Waals surface area (Å²) in [6.45, 7) is 5.98. The zero-order valence-electron chi connectivity index (χ0n) is 18.6. The van der Waals surface area contributed by atoms with Crippen LogP contribution in [0.4, 0.5) is 0 Å². The lowest BCUT2D eigenvalue weighted by Gasteiger charge is -2.34. The molecular formula is C23H27N3O5. The third-order valence-corrected chi connectivity index (χ3v) is 4.76. The highest BCUT2D eigenvalue weighted by atomic mass is 16.5. The molecule has 8 heteroatoms. The lowest BCUT2D eigenvalue weighted by molar-refractivity contribution is 0.0525. The molecule has 1 aromatic heterocycles.